The van der Waals surface area contributed by atoms with E-state index in [1.807, 2.05) is 0 Å². The van der Waals surface area contributed by atoms with Crippen LogP contribution in [-0.4, -0.2) is 70.8 Å². The first-order valence-electron chi connectivity index (χ1n) is 13.8. The van der Waals surface area contributed by atoms with Crippen LogP contribution in [0.1, 0.15) is 72.4 Å². The number of benzene rings is 1. The highest BCUT2D eigenvalue weighted by Crippen LogP contribution is 2.36. The number of carbonyl (C=O) groups excluding carboxylic acids is 3. The van der Waals surface area contributed by atoms with Crippen LogP contribution < -0.4 is 15.8 Å². The van der Waals surface area contributed by atoms with Crippen molar-refractivity contribution in [2.75, 3.05) is 38.6 Å². The van der Waals surface area contributed by atoms with Crippen LogP contribution in [0.25, 0.3) is 10.2 Å². The first-order valence-corrected chi connectivity index (χ1v) is 14.6. The van der Waals surface area contributed by atoms with Crippen LogP contribution in [0.4, 0.5) is 5.69 Å². The summed E-state index contributed by atoms with van der Waals surface area (Å²) in [5, 5.41) is 3.71. The van der Waals surface area contributed by atoms with Crippen molar-refractivity contribution in [2.24, 2.45) is 11.7 Å². The quantitative estimate of drug-likeness (QED) is 0.416. The number of nitrogens with two attached hydrogens (primary N) is 1. The van der Waals surface area contributed by atoms with Crippen molar-refractivity contribution in [1.82, 2.24) is 19.8 Å². The minimum absolute atomic E-state index is 0.0166. The molecule has 0 radical (unpaired) electrons. The Labute approximate surface area is 237 Å². The molecule has 0 bridgehead atoms. The molecule has 3 N–H and O–H groups in total. The summed E-state index contributed by atoms with van der Waals surface area (Å²) in [7, 11) is 1.37. The normalized spacial score (nSPS) is 20.4. The van der Waals surface area contributed by atoms with Gasteiger partial charge in [0.05, 0.1) is 40.3 Å². The molecule has 0 aliphatic carbocycles. The number of likely N-dealkylation sites (tertiary alicyclic amines) is 2. The predicted molar refractivity (Wildman–Crippen MR) is 154 cm³/mol. The molecule has 2 aliphatic heterocycles. The number of methoxy groups -OCH3 is 1. The number of aromatic nitrogens is 2. The molecule has 3 aromatic rings. The Kier molecular flexibility index (Phi) is 8.32. The fourth-order valence-electron chi connectivity index (χ4n) is 5.71. The number of anilines is 1. The number of nitrogens with one attached hydrogen (secondary N) is 1. The van der Waals surface area contributed by atoms with E-state index in [1.165, 1.54) is 32.2 Å². The standard InChI is InChI=1S/C29H36N6O4S/c1-17-6-8-23(19-7-9-24-22(12-19)33-28(40-24)18(2)16-34-10-4-5-11-34)35(15-17)29(38)26(37)32-20-13-21(25(30)36)27(39-3)31-14-20/h7,9,12-14,17-18,23H,4-6,8,10-11,15-16H2,1-3H3,(H2,30,36)(H,32,37)/t17-,18-,23+/m0/s1. The molecule has 5 rings (SSSR count). The number of fused-ring (bicyclic) bond motifs is 1. The maximum absolute atomic E-state index is 13.5. The molecule has 212 valence electrons. The molecule has 3 atom stereocenters. The lowest BCUT2D eigenvalue weighted by Crippen LogP contribution is -2.46. The van der Waals surface area contributed by atoms with Gasteiger partial charge in [0.1, 0.15) is 5.56 Å². The lowest BCUT2D eigenvalue weighted by atomic mass is 9.89. The summed E-state index contributed by atoms with van der Waals surface area (Å²) in [6.45, 7) is 8.14. The number of hydrogen-bond acceptors (Lipinski definition) is 8. The molecule has 0 saturated carbocycles. The van der Waals surface area contributed by atoms with Crippen LogP contribution in [0.15, 0.2) is 30.5 Å². The summed E-state index contributed by atoms with van der Waals surface area (Å²) in [5.41, 5.74) is 7.52. The zero-order valence-electron chi connectivity index (χ0n) is 23.2. The Hall–Kier alpha value is -3.57. The van der Waals surface area contributed by atoms with Crippen LogP contribution >= 0.6 is 11.3 Å². The molecule has 3 amide bonds. The summed E-state index contributed by atoms with van der Waals surface area (Å²) in [4.78, 5) is 51.4. The van der Waals surface area contributed by atoms with E-state index >= 15 is 0 Å². The Balaban J connectivity index is 1.34. The van der Waals surface area contributed by atoms with Gasteiger partial charge in [-0.05, 0) is 68.5 Å². The average Bonchev–Trinajstić information content (AvgIpc) is 3.62. The second-order valence-electron chi connectivity index (χ2n) is 10.9. The third-order valence-electron chi connectivity index (χ3n) is 7.81. The number of piperidine rings is 1. The zero-order chi connectivity index (χ0) is 28.4. The van der Waals surface area contributed by atoms with Crippen molar-refractivity contribution in [1.29, 1.82) is 0 Å². The number of nitrogens with zero attached hydrogens (tertiary/aromatic N) is 4. The van der Waals surface area contributed by atoms with E-state index in [4.69, 9.17) is 15.5 Å². The van der Waals surface area contributed by atoms with Crippen molar-refractivity contribution < 1.29 is 19.1 Å². The molecule has 0 unspecified atom stereocenters. The molecule has 4 heterocycles. The maximum atomic E-state index is 13.5. The molecular formula is C29H36N6O4S. The topological polar surface area (TPSA) is 131 Å². The number of rotatable bonds is 7. The van der Waals surface area contributed by atoms with Crippen molar-refractivity contribution in [3.63, 3.8) is 0 Å². The number of amides is 3. The monoisotopic (exact) mass is 564 g/mol. The third kappa shape index (κ3) is 5.95. The smallest absolute Gasteiger partial charge is 0.313 e. The SMILES string of the molecule is COc1ncc(NC(=O)C(=O)N2C[C@@H](C)CC[C@@H]2c2ccc3sc([C@@H](C)CN4CCCC4)nc3c2)cc1C(N)=O. The lowest BCUT2D eigenvalue weighted by molar-refractivity contribution is -0.146. The molecule has 2 fully saturated rings. The van der Waals surface area contributed by atoms with Gasteiger partial charge in [0.2, 0.25) is 5.88 Å². The first-order chi connectivity index (χ1) is 19.2. The average molecular weight is 565 g/mol. The second kappa shape index (κ2) is 11.9. The molecule has 2 aliphatic rings. The van der Waals surface area contributed by atoms with Crippen LogP contribution in [0.2, 0.25) is 0 Å². The van der Waals surface area contributed by atoms with Gasteiger partial charge in [-0.3, -0.25) is 14.4 Å². The van der Waals surface area contributed by atoms with E-state index in [1.54, 1.807) is 16.2 Å². The van der Waals surface area contributed by atoms with Gasteiger partial charge in [-0.1, -0.05) is 19.9 Å². The van der Waals surface area contributed by atoms with E-state index in [9.17, 15) is 14.4 Å². The summed E-state index contributed by atoms with van der Waals surface area (Å²) in [6.07, 6.45) is 5.58. The number of hydrogen-bond donors (Lipinski definition) is 2. The summed E-state index contributed by atoms with van der Waals surface area (Å²) in [6, 6.07) is 7.34. The van der Waals surface area contributed by atoms with Gasteiger partial charge in [-0.25, -0.2) is 9.97 Å². The Morgan fingerprint density at radius 2 is 1.98 bits per heavy atom. The highest BCUT2D eigenvalue weighted by molar-refractivity contribution is 7.18. The summed E-state index contributed by atoms with van der Waals surface area (Å²) < 4.78 is 6.18. The molecule has 10 nitrogen and oxygen atoms in total. The maximum Gasteiger partial charge on any atom is 0.313 e. The molecular weight excluding hydrogens is 528 g/mol. The van der Waals surface area contributed by atoms with Crippen LogP contribution in [-0.2, 0) is 9.59 Å². The van der Waals surface area contributed by atoms with Crippen LogP contribution in [0.5, 0.6) is 5.88 Å². The first kappa shape index (κ1) is 28.0. The van der Waals surface area contributed by atoms with Gasteiger partial charge < -0.3 is 25.6 Å². The highest BCUT2D eigenvalue weighted by Gasteiger charge is 2.34. The van der Waals surface area contributed by atoms with Crippen LogP contribution in [0, 0.1) is 5.92 Å². The van der Waals surface area contributed by atoms with E-state index in [2.05, 4.69) is 47.2 Å². The molecule has 11 heteroatoms. The van der Waals surface area contributed by atoms with E-state index in [-0.39, 0.29) is 29.1 Å². The summed E-state index contributed by atoms with van der Waals surface area (Å²) >= 11 is 1.73. The molecule has 1 aromatic carbocycles. The van der Waals surface area contributed by atoms with Crippen LogP contribution in [0.3, 0.4) is 0 Å². The summed E-state index contributed by atoms with van der Waals surface area (Å²) in [5.74, 6) is -1.51. The number of primary amides is 1. The van der Waals surface area contributed by atoms with E-state index in [0.717, 1.165) is 53.3 Å². The van der Waals surface area contributed by atoms with Crippen molar-refractivity contribution in [2.45, 2.75) is 51.5 Å². The molecule has 2 aromatic heterocycles. The second-order valence-corrected chi connectivity index (χ2v) is 12.0. The van der Waals surface area contributed by atoms with Crippen molar-refractivity contribution in [3.8, 4) is 5.88 Å². The zero-order valence-corrected chi connectivity index (χ0v) is 24.0. The van der Waals surface area contributed by atoms with Gasteiger partial charge >= 0.3 is 11.8 Å². The minimum atomic E-state index is -0.797. The largest absolute Gasteiger partial charge is 0.480 e. The Morgan fingerprint density at radius 3 is 2.70 bits per heavy atom. The lowest BCUT2D eigenvalue weighted by Gasteiger charge is -2.38. The number of carbonyl (C=O) groups is 3. The number of pyridine rings is 1. The predicted octanol–water partition coefficient (Wildman–Crippen LogP) is 3.94. The Bertz CT molecular complexity index is 1420. The number of thiazole rings is 1. The van der Waals surface area contributed by atoms with E-state index < -0.39 is 17.7 Å². The van der Waals surface area contributed by atoms with Gasteiger partial charge in [0.15, 0.2) is 0 Å². The van der Waals surface area contributed by atoms with Gasteiger partial charge in [-0.15, -0.1) is 11.3 Å². The highest BCUT2D eigenvalue weighted by atomic mass is 32.1. The molecule has 0 spiro atoms. The van der Waals surface area contributed by atoms with Gasteiger partial charge in [0, 0.05) is 19.0 Å². The Morgan fingerprint density at radius 1 is 1.20 bits per heavy atom. The third-order valence-corrected chi connectivity index (χ3v) is 9.07. The van der Waals surface area contributed by atoms with E-state index in [0.29, 0.717) is 12.5 Å². The van der Waals surface area contributed by atoms with Gasteiger partial charge in [0.25, 0.3) is 5.91 Å². The fourth-order valence-corrected chi connectivity index (χ4v) is 6.70. The molecule has 2 saturated heterocycles. The fraction of sp³-hybridized carbons (Fsp3) is 0.483. The molecule has 40 heavy (non-hydrogen) atoms. The number of ether oxygens (including phenoxy) is 1. The van der Waals surface area contributed by atoms with Gasteiger partial charge in [-0.2, -0.15) is 0 Å². The van der Waals surface area contributed by atoms with Crippen molar-refractivity contribution in [3.05, 3.63) is 46.6 Å². The van der Waals surface area contributed by atoms with Crippen molar-refractivity contribution >= 4 is 45.0 Å². The minimum Gasteiger partial charge on any atom is -0.480 e.